The maximum atomic E-state index is 12.5. The maximum Gasteiger partial charge on any atom is 0.220 e. The zero-order valence-corrected chi connectivity index (χ0v) is 17.8. The molecular formula is C23H36N2O4. The Morgan fingerprint density at radius 3 is 2.69 bits per heavy atom. The topological polar surface area (TPSA) is 71.0 Å². The molecule has 0 aromatic heterocycles. The van der Waals surface area contributed by atoms with E-state index < -0.39 is 0 Å². The van der Waals surface area contributed by atoms with Crippen LogP contribution in [0.3, 0.4) is 0 Å². The predicted molar refractivity (Wildman–Crippen MR) is 114 cm³/mol. The molecule has 2 N–H and O–H groups in total. The van der Waals surface area contributed by atoms with Gasteiger partial charge in [-0.2, -0.15) is 0 Å². The Morgan fingerprint density at radius 1 is 1.14 bits per heavy atom. The summed E-state index contributed by atoms with van der Waals surface area (Å²) in [6, 6.07) is 3.70. The van der Waals surface area contributed by atoms with Crippen molar-refractivity contribution < 1.29 is 19.4 Å². The zero-order chi connectivity index (χ0) is 20.5. The molecule has 2 aliphatic heterocycles. The van der Waals surface area contributed by atoms with Gasteiger partial charge in [0, 0.05) is 19.0 Å². The number of likely N-dealkylation sites (tertiary alicyclic amines) is 1. The highest BCUT2D eigenvalue weighted by Crippen LogP contribution is 2.39. The molecule has 0 aliphatic carbocycles. The van der Waals surface area contributed by atoms with Gasteiger partial charge in [0.15, 0.2) is 11.5 Å². The van der Waals surface area contributed by atoms with Crippen LogP contribution in [0.1, 0.15) is 63.9 Å². The van der Waals surface area contributed by atoms with E-state index in [-0.39, 0.29) is 17.7 Å². The van der Waals surface area contributed by atoms with E-state index in [1.165, 1.54) is 32.1 Å². The molecule has 3 rings (SSSR count). The number of rotatable bonds is 11. The summed E-state index contributed by atoms with van der Waals surface area (Å²) in [6.07, 6.45) is 9.44. The van der Waals surface area contributed by atoms with Gasteiger partial charge in [0.05, 0.1) is 0 Å². The second kappa shape index (κ2) is 11.3. The Bertz CT molecular complexity index is 659. The fourth-order valence-corrected chi connectivity index (χ4v) is 4.22. The molecule has 1 atom stereocenters. The summed E-state index contributed by atoms with van der Waals surface area (Å²) in [5, 5.41) is 13.5. The van der Waals surface area contributed by atoms with Crippen molar-refractivity contribution >= 4 is 5.91 Å². The van der Waals surface area contributed by atoms with Gasteiger partial charge in [-0.3, -0.25) is 4.79 Å². The molecule has 0 saturated carbocycles. The van der Waals surface area contributed by atoms with Crippen LogP contribution in [-0.2, 0) is 11.2 Å². The molecule has 2 aliphatic rings. The molecule has 1 fully saturated rings. The average molecular weight is 405 g/mol. The molecule has 1 aromatic rings. The number of hydrogen-bond acceptors (Lipinski definition) is 5. The van der Waals surface area contributed by atoms with E-state index in [9.17, 15) is 9.90 Å². The standard InChI is InChI=1S/C23H36N2O4/c1-2-3-4-5-6-9-22(27)24-19(17-25-10-7-8-11-25)14-18-15-20(26)23-21(16-18)28-12-13-29-23/h15-16,19,26H,2-14,17H2,1H3,(H,24,27)/t19-/m0/s1. The van der Waals surface area contributed by atoms with Gasteiger partial charge < -0.3 is 24.8 Å². The van der Waals surface area contributed by atoms with Gasteiger partial charge in [-0.05, 0) is 56.5 Å². The first-order chi connectivity index (χ1) is 14.2. The molecule has 0 spiro atoms. The number of unbranched alkanes of at least 4 members (excludes halogenated alkanes) is 4. The summed E-state index contributed by atoms with van der Waals surface area (Å²) >= 11 is 0. The monoisotopic (exact) mass is 404 g/mol. The van der Waals surface area contributed by atoms with Crippen LogP contribution in [0.4, 0.5) is 0 Å². The Morgan fingerprint density at radius 2 is 1.90 bits per heavy atom. The van der Waals surface area contributed by atoms with Crippen molar-refractivity contribution in [1.82, 2.24) is 10.2 Å². The van der Waals surface area contributed by atoms with Crippen LogP contribution in [0.5, 0.6) is 17.2 Å². The summed E-state index contributed by atoms with van der Waals surface area (Å²) in [6.45, 7) is 6.17. The van der Waals surface area contributed by atoms with Gasteiger partial charge in [-0.15, -0.1) is 0 Å². The number of nitrogens with one attached hydrogen (secondary N) is 1. The fraction of sp³-hybridized carbons (Fsp3) is 0.696. The molecule has 1 aromatic carbocycles. The van der Waals surface area contributed by atoms with Crippen molar-refractivity contribution in [2.75, 3.05) is 32.8 Å². The lowest BCUT2D eigenvalue weighted by Gasteiger charge is -2.26. The lowest BCUT2D eigenvalue weighted by Crippen LogP contribution is -2.44. The van der Waals surface area contributed by atoms with E-state index >= 15 is 0 Å². The van der Waals surface area contributed by atoms with E-state index in [1.54, 1.807) is 6.07 Å². The van der Waals surface area contributed by atoms with Crippen molar-refractivity contribution in [3.8, 4) is 17.2 Å². The molecule has 1 amide bonds. The number of ether oxygens (including phenoxy) is 2. The summed E-state index contributed by atoms with van der Waals surface area (Å²) < 4.78 is 11.1. The Kier molecular flexibility index (Phi) is 8.47. The second-order valence-electron chi connectivity index (χ2n) is 8.28. The molecule has 1 saturated heterocycles. The van der Waals surface area contributed by atoms with Gasteiger partial charge in [-0.1, -0.05) is 32.6 Å². The van der Waals surface area contributed by atoms with E-state index in [0.717, 1.165) is 38.0 Å². The molecule has 6 nitrogen and oxygen atoms in total. The van der Waals surface area contributed by atoms with Gasteiger partial charge in [-0.25, -0.2) is 0 Å². The molecule has 162 valence electrons. The van der Waals surface area contributed by atoms with Gasteiger partial charge in [0.25, 0.3) is 0 Å². The number of carbonyl (C=O) groups excluding carboxylic acids is 1. The normalized spacial score (nSPS) is 17.3. The Balaban J connectivity index is 1.59. The minimum Gasteiger partial charge on any atom is -0.504 e. The van der Waals surface area contributed by atoms with E-state index in [1.807, 2.05) is 6.07 Å². The fourth-order valence-electron chi connectivity index (χ4n) is 4.22. The highest BCUT2D eigenvalue weighted by molar-refractivity contribution is 5.76. The summed E-state index contributed by atoms with van der Waals surface area (Å²) in [4.78, 5) is 14.9. The third-order valence-corrected chi connectivity index (χ3v) is 5.71. The van der Waals surface area contributed by atoms with Crippen molar-refractivity contribution in [3.63, 3.8) is 0 Å². The Labute approximate surface area is 174 Å². The molecule has 0 radical (unpaired) electrons. The van der Waals surface area contributed by atoms with Crippen LogP contribution in [0.15, 0.2) is 12.1 Å². The van der Waals surface area contributed by atoms with Crippen molar-refractivity contribution in [1.29, 1.82) is 0 Å². The van der Waals surface area contributed by atoms with Crippen LogP contribution in [0.2, 0.25) is 0 Å². The quantitative estimate of drug-likeness (QED) is 0.551. The van der Waals surface area contributed by atoms with Gasteiger partial charge >= 0.3 is 0 Å². The minimum atomic E-state index is 0.0261. The summed E-state index contributed by atoms with van der Waals surface area (Å²) in [5.41, 5.74) is 0.958. The lowest BCUT2D eigenvalue weighted by atomic mass is 10.0. The van der Waals surface area contributed by atoms with E-state index in [2.05, 4.69) is 17.1 Å². The number of phenols is 1. The van der Waals surface area contributed by atoms with Crippen LogP contribution < -0.4 is 14.8 Å². The minimum absolute atomic E-state index is 0.0261. The smallest absolute Gasteiger partial charge is 0.220 e. The first-order valence-corrected chi connectivity index (χ1v) is 11.3. The molecule has 0 bridgehead atoms. The highest BCUT2D eigenvalue weighted by atomic mass is 16.6. The third kappa shape index (κ3) is 6.81. The molecule has 0 unspecified atom stereocenters. The van der Waals surface area contributed by atoms with Crippen molar-refractivity contribution in [3.05, 3.63) is 17.7 Å². The largest absolute Gasteiger partial charge is 0.504 e. The maximum absolute atomic E-state index is 12.5. The van der Waals surface area contributed by atoms with Crippen molar-refractivity contribution in [2.24, 2.45) is 0 Å². The average Bonchev–Trinajstić information content (AvgIpc) is 3.21. The third-order valence-electron chi connectivity index (χ3n) is 5.71. The number of fused-ring (bicyclic) bond motifs is 1. The first kappa shape index (κ1) is 21.8. The molecule has 6 heteroatoms. The lowest BCUT2D eigenvalue weighted by molar-refractivity contribution is -0.122. The van der Waals surface area contributed by atoms with Gasteiger partial charge in [0.2, 0.25) is 11.7 Å². The van der Waals surface area contributed by atoms with Crippen LogP contribution in [-0.4, -0.2) is 54.8 Å². The van der Waals surface area contributed by atoms with Crippen LogP contribution >= 0.6 is 0 Å². The number of phenolic OH excluding ortho intramolecular Hbond substituents is 1. The number of nitrogens with zero attached hydrogens (tertiary/aromatic N) is 1. The molecular weight excluding hydrogens is 368 g/mol. The van der Waals surface area contributed by atoms with E-state index in [4.69, 9.17) is 9.47 Å². The number of carbonyl (C=O) groups is 1. The SMILES string of the molecule is CCCCCCCC(=O)N[C@@H](Cc1cc(O)c2c(c1)OCCO2)CN1CCCC1. The van der Waals surface area contributed by atoms with Gasteiger partial charge in [0.1, 0.15) is 13.2 Å². The molecule has 2 heterocycles. The van der Waals surface area contributed by atoms with Crippen LogP contribution in [0.25, 0.3) is 0 Å². The van der Waals surface area contributed by atoms with Crippen LogP contribution in [0, 0.1) is 0 Å². The molecule has 29 heavy (non-hydrogen) atoms. The summed E-state index contributed by atoms with van der Waals surface area (Å²) in [7, 11) is 0. The highest BCUT2D eigenvalue weighted by Gasteiger charge is 2.22. The summed E-state index contributed by atoms with van der Waals surface area (Å²) in [5.74, 6) is 1.26. The first-order valence-electron chi connectivity index (χ1n) is 11.3. The number of amides is 1. The zero-order valence-electron chi connectivity index (χ0n) is 17.8. The van der Waals surface area contributed by atoms with E-state index in [0.29, 0.717) is 37.6 Å². The second-order valence-corrected chi connectivity index (χ2v) is 8.28. The number of hydrogen-bond donors (Lipinski definition) is 2. The Hall–Kier alpha value is -1.95. The number of benzene rings is 1. The number of aromatic hydroxyl groups is 1. The van der Waals surface area contributed by atoms with Crippen molar-refractivity contribution in [2.45, 2.75) is 70.8 Å². The predicted octanol–water partition coefficient (Wildman–Crippen LogP) is 3.65.